The van der Waals surface area contributed by atoms with Crippen molar-refractivity contribution in [3.63, 3.8) is 0 Å². The second kappa shape index (κ2) is 8.57. The fraction of sp³-hybridized carbons (Fsp3) is 0.348. The Labute approximate surface area is 195 Å². The lowest BCUT2D eigenvalue weighted by atomic mass is 9.79. The summed E-state index contributed by atoms with van der Waals surface area (Å²) in [4.78, 5) is 38.6. The minimum absolute atomic E-state index is 0.0177. The third-order valence-corrected chi connectivity index (χ3v) is 6.46. The zero-order chi connectivity index (χ0) is 23.9. The highest BCUT2D eigenvalue weighted by atomic mass is 35.5. The van der Waals surface area contributed by atoms with Crippen molar-refractivity contribution in [2.24, 2.45) is 11.7 Å². The Balaban J connectivity index is 1.77. The van der Waals surface area contributed by atoms with Gasteiger partial charge in [-0.2, -0.15) is 0 Å². The number of hydrogen-bond acceptors (Lipinski definition) is 6. The normalized spacial score (nSPS) is 23.2. The molecule has 174 valence electrons. The predicted molar refractivity (Wildman–Crippen MR) is 124 cm³/mol. The summed E-state index contributed by atoms with van der Waals surface area (Å²) in [5.41, 5.74) is 6.28. The van der Waals surface area contributed by atoms with Crippen molar-refractivity contribution in [3.05, 3.63) is 46.5 Å². The first-order valence-electron chi connectivity index (χ1n) is 10.4. The molecule has 0 unspecified atom stereocenters. The molecule has 2 aliphatic heterocycles. The Morgan fingerprint density at radius 3 is 2.67 bits per heavy atom. The quantitative estimate of drug-likeness (QED) is 0.510. The highest BCUT2D eigenvalue weighted by Crippen LogP contribution is 2.50. The third-order valence-electron chi connectivity index (χ3n) is 6.16. The van der Waals surface area contributed by atoms with Crippen LogP contribution in [0, 0.1) is 12.8 Å². The summed E-state index contributed by atoms with van der Waals surface area (Å²) in [6, 6.07) is 8.11. The minimum Gasteiger partial charge on any atom is -0.497 e. The number of fused-ring (bicyclic) bond motifs is 2. The van der Waals surface area contributed by atoms with Crippen LogP contribution in [-0.4, -0.2) is 38.0 Å². The van der Waals surface area contributed by atoms with Gasteiger partial charge < -0.3 is 25.8 Å². The second-order valence-corrected chi connectivity index (χ2v) is 8.69. The molecule has 3 atom stereocenters. The average Bonchev–Trinajstić information content (AvgIpc) is 3.27. The number of halogens is 1. The first-order valence-corrected chi connectivity index (χ1v) is 10.8. The van der Waals surface area contributed by atoms with Crippen molar-refractivity contribution >= 4 is 40.7 Å². The number of carbonyl (C=O) groups is 3. The van der Waals surface area contributed by atoms with Crippen LogP contribution in [0.15, 0.2) is 30.3 Å². The zero-order valence-corrected chi connectivity index (χ0v) is 19.2. The number of anilines is 2. The van der Waals surface area contributed by atoms with Gasteiger partial charge in [-0.1, -0.05) is 17.7 Å². The van der Waals surface area contributed by atoms with E-state index in [2.05, 4.69) is 16.0 Å². The van der Waals surface area contributed by atoms with Crippen molar-refractivity contribution in [3.8, 4) is 11.5 Å². The Morgan fingerprint density at radius 2 is 2.00 bits per heavy atom. The lowest BCUT2D eigenvalue weighted by Gasteiger charge is -2.29. The fourth-order valence-electron chi connectivity index (χ4n) is 4.76. The predicted octanol–water partition coefficient (Wildman–Crippen LogP) is 2.31. The number of nitrogens with two attached hydrogens (primary N) is 1. The van der Waals surface area contributed by atoms with Gasteiger partial charge in [0.1, 0.15) is 17.0 Å². The molecule has 0 bridgehead atoms. The van der Waals surface area contributed by atoms with E-state index in [0.717, 1.165) is 5.56 Å². The monoisotopic (exact) mass is 472 g/mol. The van der Waals surface area contributed by atoms with Crippen LogP contribution in [0.3, 0.4) is 0 Å². The molecular formula is C23H25ClN4O5. The van der Waals surface area contributed by atoms with Crippen molar-refractivity contribution < 1.29 is 23.9 Å². The van der Waals surface area contributed by atoms with E-state index in [1.54, 1.807) is 24.3 Å². The third kappa shape index (κ3) is 3.87. The number of amides is 3. The molecule has 0 radical (unpaired) electrons. The van der Waals surface area contributed by atoms with Gasteiger partial charge in [0.2, 0.25) is 17.7 Å². The van der Waals surface area contributed by atoms with Crippen molar-refractivity contribution in [2.45, 2.75) is 31.3 Å². The van der Waals surface area contributed by atoms with Crippen LogP contribution in [0.1, 0.15) is 24.0 Å². The highest BCUT2D eigenvalue weighted by molar-refractivity contribution is 6.35. The maximum atomic E-state index is 13.6. The average molecular weight is 473 g/mol. The molecular weight excluding hydrogens is 448 g/mol. The van der Waals surface area contributed by atoms with Gasteiger partial charge in [0.25, 0.3) is 0 Å². The van der Waals surface area contributed by atoms with E-state index in [1.165, 1.54) is 14.2 Å². The molecule has 0 aromatic heterocycles. The van der Waals surface area contributed by atoms with E-state index in [1.807, 2.05) is 13.0 Å². The molecule has 5 N–H and O–H groups in total. The lowest BCUT2D eigenvalue weighted by molar-refractivity contribution is -0.130. The van der Waals surface area contributed by atoms with Crippen molar-refractivity contribution in [1.29, 1.82) is 0 Å². The van der Waals surface area contributed by atoms with Gasteiger partial charge in [0, 0.05) is 24.1 Å². The number of methoxy groups -OCH3 is 2. The molecule has 2 aromatic carbocycles. The zero-order valence-electron chi connectivity index (χ0n) is 18.5. The van der Waals surface area contributed by atoms with Crippen LogP contribution < -0.4 is 31.2 Å². The Hall–Kier alpha value is -3.30. The summed E-state index contributed by atoms with van der Waals surface area (Å²) in [5, 5.41) is 9.30. The largest absolute Gasteiger partial charge is 0.497 e. The van der Waals surface area contributed by atoms with Crippen LogP contribution in [0.2, 0.25) is 5.02 Å². The van der Waals surface area contributed by atoms with Gasteiger partial charge in [0.15, 0.2) is 0 Å². The van der Waals surface area contributed by atoms with Crippen LogP contribution in [0.5, 0.6) is 11.5 Å². The summed E-state index contributed by atoms with van der Waals surface area (Å²) in [7, 11) is 3.01. The second-order valence-electron chi connectivity index (χ2n) is 8.29. The van der Waals surface area contributed by atoms with Crippen molar-refractivity contribution in [2.75, 3.05) is 24.9 Å². The van der Waals surface area contributed by atoms with Gasteiger partial charge in [-0.05, 0) is 37.1 Å². The molecule has 1 saturated heterocycles. The smallest absolute Gasteiger partial charge is 0.250 e. The molecule has 2 aromatic rings. The molecule has 0 saturated carbocycles. The van der Waals surface area contributed by atoms with Gasteiger partial charge in [-0.3, -0.25) is 19.7 Å². The molecule has 0 aliphatic carbocycles. The van der Waals surface area contributed by atoms with Gasteiger partial charge in [0.05, 0.1) is 36.5 Å². The van der Waals surface area contributed by atoms with Gasteiger partial charge in [-0.25, -0.2) is 0 Å². The Morgan fingerprint density at radius 1 is 1.24 bits per heavy atom. The number of benzene rings is 2. The van der Waals surface area contributed by atoms with E-state index in [0.29, 0.717) is 33.5 Å². The number of primary amides is 1. The summed E-state index contributed by atoms with van der Waals surface area (Å²) >= 11 is 6.41. The molecule has 1 spiro atoms. The van der Waals surface area contributed by atoms with Crippen LogP contribution >= 0.6 is 11.6 Å². The maximum absolute atomic E-state index is 13.6. The standard InChI is InChI=1S/C23H25ClN4O5/c1-11-6-14-20(16(24)7-11)27-22(31)23(14)15(8-12(28-23)9-19(25)29)21(30)26-17-10-13(32-2)4-5-18(17)33-3/h4-7,10,12,15,28H,8-9H2,1-3H3,(H2,25,29)(H,26,30)(H,27,31)/t12-,15+,23-/m1/s1. The molecule has 4 rings (SSSR count). The van der Waals surface area contributed by atoms with E-state index in [4.69, 9.17) is 26.8 Å². The topological polar surface area (TPSA) is 132 Å². The fourth-order valence-corrected chi connectivity index (χ4v) is 5.08. The molecule has 1 fully saturated rings. The summed E-state index contributed by atoms with van der Waals surface area (Å²) in [5.74, 6) is -1.23. The van der Waals surface area contributed by atoms with Crippen molar-refractivity contribution in [1.82, 2.24) is 5.32 Å². The highest BCUT2D eigenvalue weighted by Gasteiger charge is 2.60. The summed E-state index contributed by atoms with van der Waals surface area (Å²) < 4.78 is 10.6. The first-order chi connectivity index (χ1) is 15.7. The molecule has 9 nitrogen and oxygen atoms in total. The number of rotatable bonds is 6. The number of nitrogens with one attached hydrogen (secondary N) is 3. The maximum Gasteiger partial charge on any atom is 0.250 e. The first kappa shape index (κ1) is 22.9. The molecule has 3 amide bonds. The van der Waals surface area contributed by atoms with Crippen LogP contribution in [-0.2, 0) is 19.9 Å². The number of carbonyl (C=O) groups excluding carboxylic acids is 3. The van der Waals surface area contributed by atoms with E-state index >= 15 is 0 Å². The Bertz CT molecular complexity index is 1150. The molecule has 2 aliphatic rings. The van der Waals surface area contributed by atoms with Crippen LogP contribution in [0.4, 0.5) is 11.4 Å². The van der Waals surface area contributed by atoms with Gasteiger partial charge in [-0.15, -0.1) is 0 Å². The minimum atomic E-state index is -1.40. The van der Waals surface area contributed by atoms with Crippen LogP contribution in [0.25, 0.3) is 0 Å². The molecule has 2 heterocycles. The SMILES string of the molecule is COc1ccc(OC)c(NC(=O)[C@@H]2C[C@H](CC(N)=O)N[C@@]23C(=O)Nc2c(Cl)cc(C)cc23)c1. The number of aryl methyl sites for hydroxylation is 1. The number of hydrogen-bond donors (Lipinski definition) is 4. The lowest BCUT2D eigenvalue weighted by Crippen LogP contribution is -2.52. The van der Waals surface area contributed by atoms with E-state index in [9.17, 15) is 14.4 Å². The molecule has 33 heavy (non-hydrogen) atoms. The Kier molecular flexibility index (Phi) is 5.94. The molecule has 10 heteroatoms. The summed E-state index contributed by atoms with van der Waals surface area (Å²) in [6.07, 6.45) is 0.204. The van der Waals surface area contributed by atoms with E-state index in [-0.39, 0.29) is 12.8 Å². The van der Waals surface area contributed by atoms with E-state index < -0.39 is 35.2 Å². The summed E-state index contributed by atoms with van der Waals surface area (Å²) in [6.45, 7) is 1.86. The number of ether oxygens (including phenoxy) is 2. The van der Waals surface area contributed by atoms with Gasteiger partial charge >= 0.3 is 0 Å².